The smallest absolute Gasteiger partial charge is 0.257 e. The Hall–Kier alpha value is -1.32. The zero-order valence-corrected chi connectivity index (χ0v) is 7.42. The lowest BCUT2D eigenvalue weighted by Gasteiger charge is -2.04. The van der Waals surface area contributed by atoms with Gasteiger partial charge in [-0.1, -0.05) is 0 Å². The minimum atomic E-state index is -0.283. The highest BCUT2D eigenvalue weighted by atomic mass is 16.5. The molecule has 1 unspecified atom stereocenters. The van der Waals surface area contributed by atoms with Crippen LogP contribution in [-0.4, -0.2) is 17.9 Å². The van der Waals surface area contributed by atoms with Crippen LogP contribution in [-0.2, 0) is 14.3 Å². The Labute approximate surface area is 75.9 Å². The summed E-state index contributed by atoms with van der Waals surface area (Å²) in [6, 6.07) is 0. The average Bonchev–Trinajstić information content (AvgIpc) is 2.58. The first-order valence-electron chi connectivity index (χ1n) is 4.39. The van der Waals surface area contributed by atoms with E-state index in [1.54, 1.807) is 0 Å². The van der Waals surface area contributed by atoms with Gasteiger partial charge in [0.2, 0.25) is 5.91 Å². The molecule has 1 atom stereocenters. The molecule has 2 aliphatic rings. The first-order chi connectivity index (χ1) is 6.16. The van der Waals surface area contributed by atoms with Crippen molar-refractivity contribution in [1.82, 2.24) is 5.32 Å². The highest BCUT2D eigenvalue weighted by Crippen LogP contribution is 2.28. The third-order valence-electron chi connectivity index (χ3n) is 2.32. The number of carbonyl (C=O) groups excluding carboxylic acids is 2. The van der Waals surface area contributed by atoms with E-state index in [2.05, 4.69) is 5.32 Å². The molecule has 0 aliphatic carbocycles. The molecule has 2 fully saturated rings. The fraction of sp³-hybridized carbons (Fsp3) is 0.556. The molecule has 4 nitrogen and oxygen atoms in total. The quantitative estimate of drug-likeness (QED) is 0.437. The molecule has 0 aromatic rings. The van der Waals surface area contributed by atoms with Gasteiger partial charge in [0, 0.05) is 6.42 Å². The van der Waals surface area contributed by atoms with E-state index in [1.807, 2.05) is 6.92 Å². The van der Waals surface area contributed by atoms with Gasteiger partial charge in [0.25, 0.3) is 5.91 Å². The van der Waals surface area contributed by atoms with E-state index < -0.39 is 0 Å². The first-order valence-corrected chi connectivity index (χ1v) is 4.39. The standard InChI is InChI=1S/C9H11NO3/c1-5-2-3-7(13-5)6-4-8(11)10-9(6)12/h5H,2-4H2,1H3,(H,10,11,12)/b7-6-. The van der Waals surface area contributed by atoms with Gasteiger partial charge in [-0.15, -0.1) is 0 Å². The second kappa shape index (κ2) is 2.87. The molecule has 2 amide bonds. The Morgan fingerprint density at radius 1 is 1.46 bits per heavy atom. The fourth-order valence-electron chi connectivity index (χ4n) is 1.63. The maximum atomic E-state index is 11.2. The van der Waals surface area contributed by atoms with Crippen molar-refractivity contribution >= 4 is 11.8 Å². The third-order valence-corrected chi connectivity index (χ3v) is 2.32. The molecular formula is C9H11NO3. The van der Waals surface area contributed by atoms with Crippen LogP contribution in [0, 0.1) is 0 Å². The molecule has 70 valence electrons. The van der Waals surface area contributed by atoms with Gasteiger partial charge in [0.15, 0.2) is 0 Å². The van der Waals surface area contributed by atoms with Gasteiger partial charge in [-0.2, -0.15) is 0 Å². The van der Waals surface area contributed by atoms with Gasteiger partial charge >= 0.3 is 0 Å². The van der Waals surface area contributed by atoms with Crippen LogP contribution in [0.4, 0.5) is 0 Å². The number of hydrogen-bond acceptors (Lipinski definition) is 3. The molecule has 1 N–H and O–H groups in total. The summed E-state index contributed by atoms with van der Waals surface area (Å²) >= 11 is 0. The van der Waals surface area contributed by atoms with E-state index in [0.29, 0.717) is 11.3 Å². The van der Waals surface area contributed by atoms with E-state index in [0.717, 1.165) is 12.8 Å². The van der Waals surface area contributed by atoms with Gasteiger partial charge in [0.05, 0.1) is 18.1 Å². The molecule has 13 heavy (non-hydrogen) atoms. The van der Waals surface area contributed by atoms with E-state index in [9.17, 15) is 9.59 Å². The van der Waals surface area contributed by atoms with Crippen LogP contribution in [0.25, 0.3) is 0 Å². The number of rotatable bonds is 0. The highest BCUT2D eigenvalue weighted by molar-refractivity contribution is 6.13. The lowest BCUT2D eigenvalue weighted by molar-refractivity contribution is -0.124. The number of allylic oxidation sites excluding steroid dienone is 1. The lowest BCUT2D eigenvalue weighted by atomic mass is 10.1. The largest absolute Gasteiger partial charge is 0.495 e. The SMILES string of the molecule is CC1CC/C(=C2\CC(=O)NC2=O)O1. The van der Waals surface area contributed by atoms with Crippen molar-refractivity contribution in [3.05, 3.63) is 11.3 Å². The van der Waals surface area contributed by atoms with Crippen molar-refractivity contribution in [1.29, 1.82) is 0 Å². The maximum absolute atomic E-state index is 11.2. The molecule has 0 spiro atoms. The highest BCUT2D eigenvalue weighted by Gasteiger charge is 2.30. The zero-order chi connectivity index (χ0) is 9.42. The van der Waals surface area contributed by atoms with Crippen molar-refractivity contribution < 1.29 is 14.3 Å². The molecule has 2 rings (SSSR count). The minimum absolute atomic E-state index is 0.172. The van der Waals surface area contributed by atoms with Crippen LogP contribution < -0.4 is 5.32 Å². The topological polar surface area (TPSA) is 55.4 Å². The second-order valence-electron chi connectivity index (χ2n) is 3.42. The Balaban J connectivity index is 2.24. The Kier molecular flexibility index (Phi) is 1.83. The zero-order valence-electron chi connectivity index (χ0n) is 7.42. The molecule has 2 heterocycles. The maximum Gasteiger partial charge on any atom is 0.257 e. The molecular weight excluding hydrogens is 170 g/mol. The lowest BCUT2D eigenvalue weighted by Crippen LogP contribution is -2.19. The average molecular weight is 181 g/mol. The normalized spacial score (nSPS) is 33.5. The van der Waals surface area contributed by atoms with Crippen molar-refractivity contribution in [3.63, 3.8) is 0 Å². The predicted molar refractivity (Wildman–Crippen MR) is 44.6 cm³/mol. The summed E-state index contributed by atoms with van der Waals surface area (Å²) in [5.41, 5.74) is 0.523. The fourth-order valence-corrected chi connectivity index (χ4v) is 1.63. The van der Waals surface area contributed by atoms with Gasteiger partial charge in [-0.3, -0.25) is 14.9 Å². The van der Waals surface area contributed by atoms with Crippen LogP contribution in [0.1, 0.15) is 26.2 Å². The molecule has 0 aromatic heterocycles. The number of amides is 2. The molecule has 0 aromatic carbocycles. The van der Waals surface area contributed by atoms with E-state index >= 15 is 0 Å². The van der Waals surface area contributed by atoms with E-state index in [4.69, 9.17) is 4.74 Å². The Morgan fingerprint density at radius 2 is 2.23 bits per heavy atom. The Bertz CT molecular complexity index is 306. The number of ether oxygens (including phenoxy) is 1. The molecule has 0 radical (unpaired) electrons. The van der Waals surface area contributed by atoms with Crippen molar-refractivity contribution in [2.45, 2.75) is 32.3 Å². The van der Waals surface area contributed by atoms with Crippen LogP contribution in [0.3, 0.4) is 0 Å². The third kappa shape index (κ3) is 1.43. The van der Waals surface area contributed by atoms with Crippen LogP contribution >= 0.6 is 0 Å². The first kappa shape index (κ1) is 8.29. The van der Waals surface area contributed by atoms with E-state index in [1.165, 1.54) is 0 Å². The van der Waals surface area contributed by atoms with E-state index in [-0.39, 0.29) is 24.3 Å². The number of imide groups is 1. The van der Waals surface area contributed by atoms with Crippen LogP contribution in [0.15, 0.2) is 11.3 Å². The van der Waals surface area contributed by atoms with Crippen molar-refractivity contribution in [3.8, 4) is 0 Å². The summed E-state index contributed by atoms with van der Waals surface area (Å²) in [5, 5.41) is 2.24. The van der Waals surface area contributed by atoms with Gasteiger partial charge in [-0.05, 0) is 13.3 Å². The van der Waals surface area contributed by atoms with Gasteiger partial charge < -0.3 is 4.74 Å². The summed E-state index contributed by atoms with van der Waals surface area (Å²) in [6.45, 7) is 1.96. The molecule has 2 aliphatic heterocycles. The Morgan fingerprint density at radius 3 is 2.69 bits per heavy atom. The monoisotopic (exact) mass is 181 g/mol. The molecule has 4 heteroatoms. The minimum Gasteiger partial charge on any atom is -0.495 e. The number of nitrogens with one attached hydrogen (secondary N) is 1. The van der Waals surface area contributed by atoms with Gasteiger partial charge in [0.1, 0.15) is 5.76 Å². The van der Waals surface area contributed by atoms with Crippen LogP contribution in [0.5, 0.6) is 0 Å². The summed E-state index contributed by atoms with van der Waals surface area (Å²) < 4.78 is 5.43. The second-order valence-corrected chi connectivity index (χ2v) is 3.42. The summed E-state index contributed by atoms with van der Waals surface area (Å²) in [4.78, 5) is 22.1. The number of hydrogen-bond donors (Lipinski definition) is 1. The molecule has 0 saturated carbocycles. The van der Waals surface area contributed by atoms with Gasteiger partial charge in [-0.25, -0.2) is 0 Å². The predicted octanol–water partition coefficient (Wildman–Crippen LogP) is 0.486. The van der Waals surface area contributed by atoms with Crippen molar-refractivity contribution in [2.75, 3.05) is 0 Å². The van der Waals surface area contributed by atoms with Crippen LogP contribution in [0.2, 0.25) is 0 Å². The summed E-state index contributed by atoms with van der Waals surface area (Å²) in [7, 11) is 0. The summed E-state index contributed by atoms with van der Waals surface area (Å²) in [6.07, 6.45) is 2.06. The molecule has 2 saturated heterocycles. The number of carbonyl (C=O) groups is 2. The molecule has 0 bridgehead atoms. The van der Waals surface area contributed by atoms with Crippen molar-refractivity contribution in [2.24, 2.45) is 0 Å². The summed E-state index contributed by atoms with van der Waals surface area (Å²) in [5.74, 6) is 0.195.